The number of ether oxygens (including phenoxy) is 2. The standard InChI is InChI=1S/C21H24F3N3O5S/c1-31-12-13-32-20-18(6-3-9-25-20)26-19(28)15-7-10-27(11-8-15)33(29,30)17-5-2-4-16(14-17)21(22,23)24/h2-6,9,14-15H,7-8,10-13H2,1H3,(H,26,28). The van der Waals surface area contributed by atoms with Crippen molar-refractivity contribution in [3.05, 3.63) is 48.2 Å². The number of anilines is 1. The molecule has 8 nitrogen and oxygen atoms in total. The smallest absolute Gasteiger partial charge is 0.416 e. The third-order valence-corrected chi connectivity index (χ3v) is 7.07. The van der Waals surface area contributed by atoms with Gasteiger partial charge in [0.1, 0.15) is 12.3 Å². The van der Waals surface area contributed by atoms with Crippen molar-refractivity contribution in [2.24, 2.45) is 5.92 Å². The molecule has 1 fully saturated rings. The quantitative estimate of drug-likeness (QED) is 0.575. The fourth-order valence-electron chi connectivity index (χ4n) is 3.40. The van der Waals surface area contributed by atoms with Crippen molar-refractivity contribution in [2.75, 3.05) is 38.7 Å². The number of sulfonamides is 1. The number of nitrogens with zero attached hydrogens (tertiary/aromatic N) is 2. The number of benzene rings is 1. The highest BCUT2D eigenvalue weighted by Gasteiger charge is 2.35. The number of halogens is 3. The Labute approximate surface area is 189 Å². The van der Waals surface area contributed by atoms with Crippen LogP contribution >= 0.6 is 0 Å². The first-order valence-electron chi connectivity index (χ1n) is 10.2. The molecule has 1 aliphatic heterocycles. The fourth-order valence-corrected chi connectivity index (χ4v) is 4.91. The minimum Gasteiger partial charge on any atom is -0.474 e. The number of carbonyl (C=O) groups excluding carboxylic acids is 1. The lowest BCUT2D eigenvalue weighted by molar-refractivity contribution is -0.137. The maximum atomic E-state index is 13.0. The number of rotatable bonds is 8. The van der Waals surface area contributed by atoms with Crippen LogP contribution < -0.4 is 10.1 Å². The molecule has 0 aliphatic carbocycles. The van der Waals surface area contributed by atoms with E-state index in [1.807, 2.05) is 0 Å². The van der Waals surface area contributed by atoms with Crippen LogP contribution in [0.2, 0.25) is 0 Å². The topological polar surface area (TPSA) is 97.8 Å². The zero-order valence-corrected chi connectivity index (χ0v) is 18.7. The lowest BCUT2D eigenvalue weighted by Gasteiger charge is -2.30. The minimum atomic E-state index is -4.64. The van der Waals surface area contributed by atoms with Gasteiger partial charge in [-0.3, -0.25) is 4.79 Å². The lowest BCUT2D eigenvalue weighted by atomic mass is 9.97. The van der Waals surface area contributed by atoms with Crippen molar-refractivity contribution >= 4 is 21.6 Å². The summed E-state index contributed by atoms with van der Waals surface area (Å²) < 4.78 is 76.1. The molecule has 2 aromatic rings. The van der Waals surface area contributed by atoms with Gasteiger partial charge in [0.15, 0.2) is 0 Å². The highest BCUT2D eigenvalue weighted by atomic mass is 32.2. The highest BCUT2D eigenvalue weighted by Crippen LogP contribution is 2.32. The van der Waals surface area contributed by atoms with Crippen molar-refractivity contribution in [1.29, 1.82) is 0 Å². The van der Waals surface area contributed by atoms with E-state index in [0.717, 1.165) is 22.5 Å². The Morgan fingerprint density at radius 2 is 1.91 bits per heavy atom. The second kappa shape index (κ2) is 10.5. The molecule has 0 spiro atoms. The molecule has 2 heterocycles. The van der Waals surface area contributed by atoms with E-state index in [1.165, 1.54) is 13.3 Å². The number of pyridine rings is 1. The van der Waals surface area contributed by atoms with E-state index in [1.54, 1.807) is 12.1 Å². The van der Waals surface area contributed by atoms with Crippen LogP contribution in [0.3, 0.4) is 0 Å². The van der Waals surface area contributed by atoms with Gasteiger partial charge >= 0.3 is 6.18 Å². The summed E-state index contributed by atoms with van der Waals surface area (Å²) in [6.07, 6.45) is -2.67. The van der Waals surface area contributed by atoms with Crippen LogP contribution in [0.15, 0.2) is 47.5 Å². The zero-order chi connectivity index (χ0) is 24.1. The van der Waals surface area contributed by atoms with E-state index < -0.39 is 32.6 Å². The number of amides is 1. The van der Waals surface area contributed by atoms with Crippen LogP contribution in [-0.2, 0) is 25.7 Å². The predicted molar refractivity (Wildman–Crippen MR) is 113 cm³/mol. The summed E-state index contributed by atoms with van der Waals surface area (Å²) in [7, 11) is -2.58. The van der Waals surface area contributed by atoms with Gasteiger partial charge in [-0.25, -0.2) is 13.4 Å². The molecule has 3 rings (SSSR count). The summed E-state index contributed by atoms with van der Waals surface area (Å²) in [6.45, 7) is 0.632. The molecular formula is C21H24F3N3O5S. The first kappa shape index (κ1) is 24.9. The van der Waals surface area contributed by atoms with Crippen LogP contribution in [0.25, 0.3) is 0 Å². The third-order valence-electron chi connectivity index (χ3n) is 5.18. The summed E-state index contributed by atoms with van der Waals surface area (Å²) in [4.78, 5) is 16.4. The average Bonchev–Trinajstić information content (AvgIpc) is 2.80. The Morgan fingerprint density at radius 1 is 1.18 bits per heavy atom. The van der Waals surface area contributed by atoms with Gasteiger partial charge in [0, 0.05) is 32.3 Å². The van der Waals surface area contributed by atoms with E-state index in [2.05, 4.69) is 10.3 Å². The van der Waals surface area contributed by atoms with Crippen LogP contribution in [-0.4, -0.2) is 57.0 Å². The number of alkyl halides is 3. The molecule has 1 aromatic carbocycles. The molecule has 0 radical (unpaired) electrons. The van der Waals surface area contributed by atoms with Gasteiger partial charge in [-0.15, -0.1) is 0 Å². The Kier molecular flexibility index (Phi) is 7.92. The largest absolute Gasteiger partial charge is 0.474 e. The van der Waals surface area contributed by atoms with E-state index in [-0.39, 0.29) is 44.3 Å². The summed E-state index contributed by atoms with van der Waals surface area (Å²) in [5.74, 6) is -0.534. The number of nitrogens with one attached hydrogen (secondary N) is 1. The molecule has 0 unspecified atom stereocenters. The molecular weight excluding hydrogens is 463 g/mol. The Bertz CT molecular complexity index is 1070. The second-order valence-corrected chi connectivity index (χ2v) is 9.33. The predicted octanol–water partition coefficient (Wildman–Crippen LogP) is 3.17. The fraction of sp³-hybridized carbons (Fsp3) is 0.429. The molecule has 1 saturated heterocycles. The molecule has 1 N–H and O–H groups in total. The Hall–Kier alpha value is -2.70. The summed E-state index contributed by atoms with van der Waals surface area (Å²) >= 11 is 0. The second-order valence-electron chi connectivity index (χ2n) is 7.39. The molecule has 0 atom stereocenters. The van der Waals surface area contributed by atoms with E-state index in [9.17, 15) is 26.4 Å². The highest BCUT2D eigenvalue weighted by molar-refractivity contribution is 7.89. The number of methoxy groups -OCH3 is 1. The number of hydrogen-bond donors (Lipinski definition) is 1. The molecule has 1 aromatic heterocycles. The summed E-state index contributed by atoms with van der Waals surface area (Å²) in [5, 5.41) is 2.76. The Balaban J connectivity index is 1.63. The maximum absolute atomic E-state index is 13.0. The van der Waals surface area contributed by atoms with Gasteiger partial charge in [0.05, 0.1) is 17.1 Å². The number of hydrogen-bond acceptors (Lipinski definition) is 6. The van der Waals surface area contributed by atoms with Gasteiger partial charge in [0.2, 0.25) is 21.8 Å². The van der Waals surface area contributed by atoms with Crippen molar-refractivity contribution in [3.8, 4) is 5.88 Å². The molecule has 1 aliphatic rings. The van der Waals surface area contributed by atoms with Gasteiger partial charge in [0.25, 0.3) is 0 Å². The van der Waals surface area contributed by atoms with Gasteiger partial charge < -0.3 is 14.8 Å². The first-order chi connectivity index (χ1) is 15.6. The van der Waals surface area contributed by atoms with Crippen LogP contribution in [0.1, 0.15) is 18.4 Å². The minimum absolute atomic E-state index is 0.0148. The van der Waals surface area contributed by atoms with Gasteiger partial charge in [-0.05, 0) is 43.2 Å². The van der Waals surface area contributed by atoms with Crippen LogP contribution in [0, 0.1) is 5.92 Å². The van der Waals surface area contributed by atoms with Crippen LogP contribution in [0.4, 0.5) is 18.9 Å². The van der Waals surface area contributed by atoms with Crippen molar-refractivity contribution in [3.63, 3.8) is 0 Å². The van der Waals surface area contributed by atoms with Gasteiger partial charge in [-0.2, -0.15) is 17.5 Å². The van der Waals surface area contributed by atoms with Crippen LogP contribution in [0.5, 0.6) is 5.88 Å². The van der Waals surface area contributed by atoms with Crippen molar-refractivity contribution in [2.45, 2.75) is 23.9 Å². The molecule has 0 saturated carbocycles. The molecule has 180 valence electrons. The molecule has 1 amide bonds. The maximum Gasteiger partial charge on any atom is 0.416 e. The van der Waals surface area contributed by atoms with Gasteiger partial charge in [-0.1, -0.05) is 6.07 Å². The van der Waals surface area contributed by atoms with E-state index in [0.29, 0.717) is 18.4 Å². The number of piperidine rings is 1. The molecule has 0 bridgehead atoms. The third kappa shape index (κ3) is 6.21. The first-order valence-corrected chi connectivity index (χ1v) is 11.6. The lowest BCUT2D eigenvalue weighted by Crippen LogP contribution is -2.41. The zero-order valence-electron chi connectivity index (χ0n) is 17.8. The van der Waals surface area contributed by atoms with Crippen molar-refractivity contribution < 1.29 is 35.9 Å². The SMILES string of the molecule is COCCOc1ncccc1NC(=O)C1CCN(S(=O)(=O)c2cccc(C(F)(F)F)c2)CC1. The summed E-state index contributed by atoms with van der Waals surface area (Å²) in [6, 6.07) is 6.93. The summed E-state index contributed by atoms with van der Waals surface area (Å²) in [5.41, 5.74) is -0.643. The van der Waals surface area contributed by atoms with E-state index in [4.69, 9.17) is 9.47 Å². The number of carbonyl (C=O) groups is 1. The normalized spacial score (nSPS) is 15.9. The molecule has 33 heavy (non-hydrogen) atoms. The Morgan fingerprint density at radius 3 is 2.58 bits per heavy atom. The monoisotopic (exact) mass is 487 g/mol. The molecule has 12 heteroatoms. The number of aromatic nitrogens is 1. The van der Waals surface area contributed by atoms with Crippen molar-refractivity contribution in [1.82, 2.24) is 9.29 Å². The van der Waals surface area contributed by atoms with E-state index >= 15 is 0 Å². The average molecular weight is 488 g/mol.